The standard InChI is InChI=1S/C21H29N5O/c1-20(2,3)10-16-12-23-18(24-16)11-21(4,27)15-8-6-14(7-9-15)17-13-26(5)25-19(17)22/h6-9,12-13,27H,10-11H2,1-5H3,(H2,22,25)(H,23,24). The molecule has 1 unspecified atom stereocenters. The van der Waals surface area contributed by atoms with Gasteiger partial charge in [-0.25, -0.2) is 4.98 Å². The summed E-state index contributed by atoms with van der Waals surface area (Å²) < 4.78 is 1.70. The minimum absolute atomic E-state index is 0.180. The molecule has 0 spiro atoms. The van der Waals surface area contributed by atoms with Gasteiger partial charge < -0.3 is 15.8 Å². The van der Waals surface area contributed by atoms with Gasteiger partial charge in [0.1, 0.15) is 5.82 Å². The first-order chi connectivity index (χ1) is 12.5. The van der Waals surface area contributed by atoms with E-state index in [0.717, 1.165) is 34.6 Å². The zero-order valence-electron chi connectivity index (χ0n) is 16.7. The number of imidazole rings is 1. The van der Waals surface area contributed by atoms with E-state index < -0.39 is 5.60 Å². The van der Waals surface area contributed by atoms with E-state index in [-0.39, 0.29) is 5.41 Å². The number of aromatic amines is 1. The molecule has 0 radical (unpaired) electrons. The van der Waals surface area contributed by atoms with Gasteiger partial charge in [0.25, 0.3) is 0 Å². The predicted octanol–water partition coefficient (Wildman–Crippen LogP) is 3.43. The van der Waals surface area contributed by atoms with Crippen molar-refractivity contribution in [3.8, 4) is 11.1 Å². The lowest BCUT2D eigenvalue weighted by atomic mass is 9.90. The van der Waals surface area contributed by atoms with Crippen LogP contribution in [-0.4, -0.2) is 24.9 Å². The number of aromatic nitrogens is 4. The third-order valence-electron chi connectivity index (χ3n) is 4.58. The minimum atomic E-state index is -1.02. The molecule has 2 aromatic heterocycles. The van der Waals surface area contributed by atoms with Gasteiger partial charge in [0, 0.05) is 31.4 Å². The first-order valence-corrected chi connectivity index (χ1v) is 9.19. The smallest absolute Gasteiger partial charge is 0.153 e. The Balaban J connectivity index is 1.76. The van der Waals surface area contributed by atoms with Crippen LogP contribution in [0.3, 0.4) is 0 Å². The van der Waals surface area contributed by atoms with E-state index >= 15 is 0 Å². The zero-order valence-corrected chi connectivity index (χ0v) is 16.7. The fourth-order valence-electron chi connectivity index (χ4n) is 3.29. The van der Waals surface area contributed by atoms with Crippen LogP contribution in [0, 0.1) is 5.41 Å². The molecular weight excluding hydrogens is 338 g/mol. The Labute approximate surface area is 160 Å². The van der Waals surface area contributed by atoms with Gasteiger partial charge >= 0.3 is 0 Å². The second-order valence-electron chi connectivity index (χ2n) is 8.71. The van der Waals surface area contributed by atoms with Crippen molar-refractivity contribution in [3.63, 3.8) is 0 Å². The van der Waals surface area contributed by atoms with Crippen molar-refractivity contribution < 1.29 is 5.11 Å². The van der Waals surface area contributed by atoms with Gasteiger partial charge in [-0.05, 0) is 29.9 Å². The van der Waals surface area contributed by atoms with Crippen molar-refractivity contribution in [1.82, 2.24) is 19.7 Å². The van der Waals surface area contributed by atoms with Crippen molar-refractivity contribution in [2.45, 2.75) is 46.1 Å². The van der Waals surface area contributed by atoms with E-state index in [1.54, 1.807) is 4.68 Å². The molecule has 3 rings (SSSR count). The highest BCUT2D eigenvalue weighted by molar-refractivity contribution is 5.73. The second-order valence-corrected chi connectivity index (χ2v) is 8.71. The highest BCUT2D eigenvalue weighted by atomic mass is 16.3. The zero-order chi connectivity index (χ0) is 19.8. The van der Waals surface area contributed by atoms with Crippen LogP contribution in [0.1, 0.15) is 44.8 Å². The number of H-pyrrole nitrogens is 1. The maximum atomic E-state index is 11.0. The molecule has 4 N–H and O–H groups in total. The van der Waals surface area contributed by atoms with Crippen molar-refractivity contribution in [3.05, 3.63) is 53.7 Å². The van der Waals surface area contributed by atoms with Gasteiger partial charge in [-0.3, -0.25) is 4.68 Å². The Kier molecular flexibility index (Phi) is 4.86. The van der Waals surface area contributed by atoms with E-state index in [9.17, 15) is 5.11 Å². The monoisotopic (exact) mass is 367 g/mol. The number of aryl methyl sites for hydroxylation is 1. The number of rotatable bonds is 5. The molecule has 0 aliphatic heterocycles. The topological polar surface area (TPSA) is 92.8 Å². The lowest BCUT2D eigenvalue weighted by Crippen LogP contribution is -2.25. The number of nitrogens with one attached hydrogen (secondary N) is 1. The predicted molar refractivity (Wildman–Crippen MR) is 108 cm³/mol. The molecule has 0 amide bonds. The minimum Gasteiger partial charge on any atom is -0.385 e. The van der Waals surface area contributed by atoms with Gasteiger partial charge in [0.2, 0.25) is 0 Å². The summed E-state index contributed by atoms with van der Waals surface area (Å²) in [4.78, 5) is 7.85. The summed E-state index contributed by atoms with van der Waals surface area (Å²) in [6, 6.07) is 7.79. The Morgan fingerprint density at radius 3 is 2.33 bits per heavy atom. The van der Waals surface area contributed by atoms with E-state index in [4.69, 9.17) is 5.73 Å². The van der Waals surface area contributed by atoms with Crippen LogP contribution >= 0.6 is 0 Å². The number of hydrogen-bond acceptors (Lipinski definition) is 4. The molecule has 6 nitrogen and oxygen atoms in total. The SMILES string of the molecule is Cn1cc(-c2ccc(C(C)(O)Cc3nc(CC(C)(C)C)c[nH]3)cc2)c(N)n1. The molecule has 0 bridgehead atoms. The van der Waals surface area contributed by atoms with Crippen LogP contribution in [-0.2, 0) is 25.5 Å². The van der Waals surface area contributed by atoms with Gasteiger partial charge in [0.15, 0.2) is 5.82 Å². The summed E-state index contributed by atoms with van der Waals surface area (Å²) in [6.45, 7) is 8.38. The average molecular weight is 367 g/mol. The fraction of sp³-hybridized carbons (Fsp3) is 0.429. The van der Waals surface area contributed by atoms with E-state index in [2.05, 4.69) is 35.8 Å². The molecule has 0 fully saturated rings. The van der Waals surface area contributed by atoms with Crippen LogP contribution in [0.5, 0.6) is 0 Å². The number of nitrogens with zero attached hydrogens (tertiary/aromatic N) is 3. The summed E-state index contributed by atoms with van der Waals surface area (Å²) in [6.07, 6.45) is 5.14. The Morgan fingerprint density at radius 2 is 1.78 bits per heavy atom. The van der Waals surface area contributed by atoms with Crippen molar-refractivity contribution >= 4 is 5.82 Å². The van der Waals surface area contributed by atoms with E-state index in [1.165, 1.54) is 0 Å². The second kappa shape index (κ2) is 6.85. The number of aliphatic hydroxyl groups is 1. The number of benzene rings is 1. The summed E-state index contributed by atoms with van der Waals surface area (Å²) in [5.41, 5.74) is 8.84. The van der Waals surface area contributed by atoms with Crippen LogP contribution in [0.15, 0.2) is 36.7 Å². The largest absolute Gasteiger partial charge is 0.385 e. The van der Waals surface area contributed by atoms with Gasteiger partial charge in [-0.1, -0.05) is 45.0 Å². The first kappa shape index (κ1) is 19.2. The van der Waals surface area contributed by atoms with E-state index in [0.29, 0.717) is 12.2 Å². The number of nitrogens with two attached hydrogens (primary N) is 1. The molecule has 0 saturated carbocycles. The van der Waals surface area contributed by atoms with Crippen molar-refractivity contribution in [2.24, 2.45) is 12.5 Å². The van der Waals surface area contributed by atoms with Gasteiger partial charge in [-0.2, -0.15) is 5.10 Å². The highest BCUT2D eigenvalue weighted by Gasteiger charge is 2.26. The normalized spacial score (nSPS) is 14.3. The summed E-state index contributed by atoms with van der Waals surface area (Å²) in [7, 11) is 1.84. The third kappa shape index (κ3) is 4.57. The summed E-state index contributed by atoms with van der Waals surface area (Å²) in [5, 5.41) is 15.2. The number of hydrogen-bond donors (Lipinski definition) is 3. The average Bonchev–Trinajstić information content (AvgIpc) is 3.11. The molecule has 0 aliphatic carbocycles. The molecule has 1 aromatic carbocycles. The quantitative estimate of drug-likeness (QED) is 0.644. The van der Waals surface area contributed by atoms with Crippen LogP contribution in [0.4, 0.5) is 5.82 Å². The lowest BCUT2D eigenvalue weighted by molar-refractivity contribution is 0.0556. The van der Waals surface area contributed by atoms with Crippen molar-refractivity contribution in [1.29, 1.82) is 0 Å². The maximum absolute atomic E-state index is 11.0. The highest BCUT2D eigenvalue weighted by Crippen LogP contribution is 2.29. The molecule has 0 saturated heterocycles. The molecule has 144 valence electrons. The number of nitrogen functional groups attached to an aromatic ring is 1. The molecule has 2 heterocycles. The number of anilines is 1. The molecule has 1 atom stereocenters. The summed E-state index contributed by atoms with van der Waals surface area (Å²) >= 11 is 0. The molecule has 0 aliphatic rings. The van der Waals surface area contributed by atoms with Gasteiger partial charge in [0.05, 0.1) is 11.3 Å². The first-order valence-electron chi connectivity index (χ1n) is 9.19. The van der Waals surface area contributed by atoms with E-state index in [1.807, 2.05) is 50.6 Å². The van der Waals surface area contributed by atoms with Crippen LogP contribution < -0.4 is 5.73 Å². The third-order valence-corrected chi connectivity index (χ3v) is 4.58. The fourth-order valence-corrected chi connectivity index (χ4v) is 3.29. The Morgan fingerprint density at radius 1 is 1.11 bits per heavy atom. The molecular formula is C21H29N5O. The van der Waals surface area contributed by atoms with Crippen molar-refractivity contribution in [2.75, 3.05) is 5.73 Å². The van der Waals surface area contributed by atoms with Gasteiger partial charge in [-0.15, -0.1) is 0 Å². The van der Waals surface area contributed by atoms with Crippen LogP contribution in [0.2, 0.25) is 0 Å². The summed E-state index contributed by atoms with van der Waals surface area (Å²) in [5.74, 6) is 1.29. The van der Waals surface area contributed by atoms with Crippen LogP contribution in [0.25, 0.3) is 11.1 Å². The molecule has 6 heteroatoms. The molecule has 27 heavy (non-hydrogen) atoms. The Hall–Kier alpha value is -2.60. The Bertz CT molecular complexity index is 913. The maximum Gasteiger partial charge on any atom is 0.153 e. The lowest BCUT2D eigenvalue weighted by Gasteiger charge is -2.23. The molecule has 3 aromatic rings.